The number of aromatic nitrogens is 4. The van der Waals surface area contributed by atoms with Gasteiger partial charge >= 0.3 is 0 Å². The van der Waals surface area contributed by atoms with Crippen LogP contribution in [0.5, 0.6) is 0 Å². The number of hydrogen-bond donors (Lipinski definition) is 2. The molecule has 0 saturated heterocycles. The molecule has 0 atom stereocenters. The number of hydrogen-bond acceptors (Lipinski definition) is 6. The topological polar surface area (TPSA) is 81.6 Å². The number of nitrogens with two attached hydrogens (primary N) is 1. The van der Waals surface area contributed by atoms with E-state index in [0.717, 1.165) is 18.2 Å². The summed E-state index contributed by atoms with van der Waals surface area (Å²) < 4.78 is 1.78. The van der Waals surface area contributed by atoms with E-state index in [1.807, 2.05) is 0 Å². The Morgan fingerprint density at radius 2 is 2.50 bits per heavy atom. The first-order valence-corrected chi connectivity index (χ1v) is 5.00. The van der Waals surface area contributed by atoms with E-state index < -0.39 is 0 Å². The Morgan fingerprint density at radius 3 is 3.14 bits per heavy atom. The second kappa shape index (κ2) is 4.05. The molecule has 0 unspecified atom stereocenters. The molecule has 0 fully saturated rings. The smallest absolute Gasteiger partial charge is 0.205 e. The van der Waals surface area contributed by atoms with Crippen molar-refractivity contribution in [2.24, 2.45) is 0 Å². The number of nitrogens with zero attached hydrogens (tertiary/aromatic N) is 4. The highest BCUT2D eigenvalue weighted by Crippen LogP contribution is 2.07. The molecule has 0 saturated carbocycles. The van der Waals surface area contributed by atoms with Gasteiger partial charge in [-0.1, -0.05) is 11.3 Å². The molecule has 0 radical (unpaired) electrons. The van der Waals surface area contributed by atoms with Crippen LogP contribution in [0.1, 0.15) is 0 Å². The predicted octanol–water partition coefficient (Wildman–Crippen LogP) is 0.429. The molecule has 2 aromatic rings. The molecular weight excluding hydrogens is 200 g/mol. The second-order valence-corrected chi connectivity index (χ2v) is 3.54. The standard InChI is InChI=1S/C7H10N6S/c8-6-3-11-13(4-6)2-1-9-7-12-10-5-14-7/h3-5H,1-2,8H2,(H,9,12). The van der Waals surface area contributed by atoms with E-state index in [0.29, 0.717) is 5.69 Å². The average molecular weight is 210 g/mol. The monoisotopic (exact) mass is 210 g/mol. The lowest BCUT2D eigenvalue weighted by Gasteiger charge is -2.01. The Morgan fingerprint density at radius 1 is 1.57 bits per heavy atom. The number of rotatable bonds is 4. The van der Waals surface area contributed by atoms with Crippen LogP contribution in [0.25, 0.3) is 0 Å². The molecular formula is C7H10N6S. The molecule has 7 heteroatoms. The van der Waals surface area contributed by atoms with Gasteiger partial charge in [-0.05, 0) is 0 Å². The Kier molecular flexibility index (Phi) is 2.59. The summed E-state index contributed by atoms with van der Waals surface area (Å²) in [5.41, 5.74) is 7.89. The van der Waals surface area contributed by atoms with Gasteiger partial charge in [-0.25, -0.2) is 0 Å². The summed E-state index contributed by atoms with van der Waals surface area (Å²) in [5.74, 6) is 0. The normalized spacial score (nSPS) is 10.3. The summed E-state index contributed by atoms with van der Waals surface area (Å²) >= 11 is 1.48. The first kappa shape index (κ1) is 8.95. The van der Waals surface area contributed by atoms with Crippen molar-refractivity contribution < 1.29 is 0 Å². The first-order valence-electron chi connectivity index (χ1n) is 4.12. The van der Waals surface area contributed by atoms with Gasteiger partial charge in [0.05, 0.1) is 18.4 Å². The quantitative estimate of drug-likeness (QED) is 0.764. The Bertz CT molecular complexity index is 381. The Labute approximate surface area is 84.8 Å². The fourth-order valence-electron chi connectivity index (χ4n) is 1.03. The van der Waals surface area contributed by atoms with E-state index >= 15 is 0 Å². The lowest BCUT2D eigenvalue weighted by molar-refractivity contribution is 0.637. The van der Waals surface area contributed by atoms with Gasteiger partial charge in [0.1, 0.15) is 5.51 Å². The van der Waals surface area contributed by atoms with E-state index in [1.165, 1.54) is 11.3 Å². The summed E-state index contributed by atoms with van der Waals surface area (Å²) in [6.45, 7) is 1.52. The third-order valence-electron chi connectivity index (χ3n) is 1.63. The lowest BCUT2D eigenvalue weighted by Crippen LogP contribution is -2.10. The fourth-order valence-corrected chi connectivity index (χ4v) is 1.50. The van der Waals surface area contributed by atoms with E-state index in [4.69, 9.17) is 5.73 Å². The van der Waals surface area contributed by atoms with Crippen molar-refractivity contribution in [2.75, 3.05) is 17.6 Å². The van der Waals surface area contributed by atoms with Crippen molar-refractivity contribution in [1.82, 2.24) is 20.0 Å². The minimum absolute atomic E-state index is 0.681. The summed E-state index contributed by atoms with van der Waals surface area (Å²) in [5, 5.41) is 15.6. The third kappa shape index (κ3) is 2.19. The van der Waals surface area contributed by atoms with Crippen LogP contribution in [0, 0.1) is 0 Å². The average Bonchev–Trinajstić information content (AvgIpc) is 2.77. The van der Waals surface area contributed by atoms with Gasteiger partial charge < -0.3 is 11.1 Å². The van der Waals surface area contributed by atoms with Gasteiger partial charge in [0.2, 0.25) is 5.13 Å². The van der Waals surface area contributed by atoms with Crippen LogP contribution in [-0.2, 0) is 6.54 Å². The van der Waals surface area contributed by atoms with Gasteiger partial charge in [-0.15, -0.1) is 10.2 Å². The van der Waals surface area contributed by atoms with Crippen molar-refractivity contribution in [2.45, 2.75) is 6.54 Å². The zero-order chi connectivity index (χ0) is 9.80. The number of nitrogens with one attached hydrogen (secondary N) is 1. The third-order valence-corrected chi connectivity index (χ3v) is 2.28. The van der Waals surface area contributed by atoms with Gasteiger partial charge in [0.25, 0.3) is 0 Å². The minimum atomic E-state index is 0.681. The highest BCUT2D eigenvalue weighted by atomic mass is 32.1. The van der Waals surface area contributed by atoms with Crippen LogP contribution in [0.15, 0.2) is 17.9 Å². The molecule has 0 bridgehead atoms. The number of anilines is 2. The molecule has 0 aliphatic carbocycles. The molecule has 74 valence electrons. The molecule has 6 nitrogen and oxygen atoms in total. The zero-order valence-corrected chi connectivity index (χ0v) is 8.24. The number of nitrogen functional groups attached to an aromatic ring is 1. The van der Waals surface area contributed by atoms with Gasteiger partial charge in [-0.2, -0.15) is 5.10 Å². The molecule has 2 heterocycles. The summed E-state index contributed by atoms with van der Waals surface area (Å²) in [6.07, 6.45) is 3.42. The van der Waals surface area contributed by atoms with Crippen LogP contribution >= 0.6 is 11.3 Å². The van der Waals surface area contributed by atoms with Gasteiger partial charge in [0.15, 0.2) is 0 Å². The molecule has 0 aliphatic heterocycles. The van der Waals surface area contributed by atoms with Crippen molar-refractivity contribution in [3.8, 4) is 0 Å². The maximum atomic E-state index is 5.52. The molecule has 0 spiro atoms. The maximum Gasteiger partial charge on any atom is 0.205 e. The molecule has 3 N–H and O–H groups in total. The minimum Gasteiger partial charge on any atom is -0.396 e. The Hall–Kier alpha value is -1.63. The maximum absolute atomic E-state index is 5.52. The molecule has 2 rings (SSSR count). The van der Waals surface area contributed by atoms with Crippen LogP contribution in [0.2, 0.25) is 0 Å². The predicted molar refractivity (Wildman–Crippen MR) is 55.0 cm³/mol. The molecule has 2 aromatic heterocycles. The molecule has 0 amide bonds. The Balaban J connectivity index is 1.78. The highest BCUT2D eigenvalue weighted by Gasteiger charge is 1.96. The SMILES string of the molecule is Nc1cnn(CCNc2nncs2)c1. The fraction of sp³-hybridized carbons (Fsp3) is 0.286. The summed E-state index contributed by atoms with van der Waals surface area (Å²) in [6, 6.07) is 0. The van der Waals surface area contributed by atoms with Crippen molar-refractivity contribution in [3.63, 3.8) is 0 Å². The summed E-state index contributed by atoms with van der Waals surface area (Å²) in [7, 11) is 0. The highest BCUT2D eigenvalue weighted by molar-refractivity contribution is 7.13. The lowest BCUT2D eigenvalue weighted by atomic mass is 10.6. The van der Waals surface area contributed by atoms with Crippen LogP contribution in [0.4, 0.5) is 10.8 Å². The molecule has 14 heavy (non-hydrogen) atoms. The van der Waals surface area contributed by atoms with Crippen LogP contribution < -0.4 is 11.1 Å². The van der Waals surface area contributed by atoms with Crippen molar-refractivity contribution in [1.29, 1.82) is 0 Å². The first-order chi connectivity index (χ1) is 6.84. The largest absolute Gasteiger partial charge is 0.396 e. The van der Waals surface area contributed by atoms with E-state index in [9.17, 15) is 0 Å². The zero-order valence-electron chi connectivity index (χ0n) is 7.42. The van der Waals surface area contributed by atoms with E-state index in [2.05, 4.69) is 20.6 Å². The summed E-state index contributed by atoms with van der Waals surface area (Å²) in [4.78, 5) is 0. The van der Waals surface area contributed by atoms with E-state index in [-0.39, 0.29) is 0 Å². The van der Waals surface area contributed by atoms with Crippen LogP contribution in [0.3, 0.4) is 0 Å². The van der Waals surface area contributed by atoms with Crippen molar-refractivity contribution >= 4 is 22.2 Å². The van der Waals surface area contributed by atoms with Crippen molar-refractivity contribution in [3.05, 3.63) is 17.9 Å². The molecule has 0 aromatic carbocycles. The van der Waals surface area contributed by atoms with E-state index in [1.54, 1.807) is 22.6 Å². The van der Waals surface area contributed by atoms with Crippen LogP contribution in [-0.4, -0.2) is 26.5 Å². The van der Waals surface area contributed by atoms with Gasteiger partial charge in [0, 0.05) is 12.7 Å². The molecule has 0 aliphatic rings. The van der Waals surface area contributed by atoms with Gasteiger partial charge in [-0.3, -0.25) is 4.68 Å². The second-order valence-electron chi connectivity index (χ2n) is 2.71.